The molecule has 0 radical (unpaired) electrons. The number of fused-ring (bicyclic) bond motifs is 15. The number of aromatic nitrogens is 4. The lowest BCUT2D eigenvalue weighted by molar-refractivity contribution is 1.14. The Morgan fingerprint density at radius 3 is 1.05 bits per heavy atom. The summed E-state index contributed by atoms with van der Waals surface area (Å²) < 4.78 is 0. The van der Waals surface area contributed by atoms with Crippen LogP contribution >= 0.6 is 0 Å². The Kier molecular flexibility index (Phi) is 8.46. The summed E-state index contributed by atoms with van der Waals surface area (Å²) in [6, 6.07) is 73.5. The fourth-order valence-electron chi connectivity index (χ4n) is 9.35. The summed E-state index contributed by atoms with van der Waals surface area (Å²) in [5, 5.41) is 16.6. The quantitative estimate of drug-likeness (QED) is 0.167. The molecule has 0 fully saturated rings. The van der Waals surface area contributed by atoms with E-state index in [9.17, 15) is 0 Å². The molecule has 0 aliphatic carbocycles. The Hall–Kier alpha value is -8.34. The van der Waals surface area contributed by atoms with E-state index in [1.165, 1.54) is 64.6 Å². The van der Waals surface area contributed by atoms with Gasteiger partial charge in [-0.1, -0.05) is 194 Å². The number of nitrogens with zero attached hydrogens (tertiary/aromatic N) is 4. The van der Waals surface area contributed by atoms with Crippen LogP contribution < -0.4 is 0 Å². The number of hydrogen-bond donors (Lipinski definition) is 0. The third-order valence-corrected chi connectivity index (χ3v) is 12.2. The molecule has 2 aromatic heterocycles. The van der Waals surface area contributed by atoms with Crippen LogP contribution in [0, 0.1) is 0 Å². The molecule has 4 heteroatoms. The second-order valence-electron chi connectivity index (χ2n) is 15.7. The van der Waals surface area contributed by atoms with Gasteiger partial charge in [-0.25, -0.2) is 19.9 Å². The van der Waals surface area contributed by atoms with E-state index in [-0.39, 0.29) is 0 Å². The first kappa shape index (κ1) is 35.6. The molecule has 0 atom stereocenters. The van der Waals surface area contributed by atoms with Gasteiger partial charge in [0.25, 0.3) is 0 Å². The van der Waals surface area contributed by atoms with Crippen molar-refractivity contribution < 1.29 is 0 Å². The Morgan fingerprint density at radius 1 is 0.226 bits per heavy atom. The molecule has 0 unspecified atom stereocenters. The highest BCUT2D eigenvalue weighted by Crippen LogP contribution is 2.43. The molecule has 0 aliphatic heterocycles. The Balaban J connectivity index is 1.25. The molecule has 0 aliphatic rings. The molecular formula is C58H36N4. The van der Waals surface area contributed by atoms with Crippen molar-refractivity contribution in [2.75, 3.05) is 0 Å². The van der Waals surface area contributed by atoms with Crippen molar-refractivity contribution in [1.29, 1.82) is 0 Å². The molecule has 0 bridgehead atoms. The molecule has 10 aromatic carbocycles. The lowest BCUT2D eigenvalue weighted by atomic mass is 9.88. The van der Waals surface area contributed by atoms with Crippen LogP contribution in [0.3, 0.4) is 0 Å². The summed E-state index contributed by atoms with van der Waals surface area (Å²) in [6.45, 7) is 0. The molecule has 2 heterocycles. The van der Waals surface area contributed by atoms with Crippen molar-refractivity contribution in [3.63, 3.8) is 0 Å². The van der Waals surface area contributed by atoms with E-state index in [2.05, 4.69) is 152 Å². The van der Waals surface area contributed by atoms with Crippen molar-refractivity contribution >= 4 is 75.4 Å². The van der Waals surface area contributed by atoms with Gasteiger partial charge in [0.15, 0.2) is 11.6 Å². The fraction of sp³-hybridized carbons (Fsp3) is 0. The van der Waals surface area contributed by atoms with Crippen LogP contribution in [0.1, 0.15) is 0 Å². The van der Waals surface area contributed by atoms with Gasteiger partial charge in [0, 0.05) is 34.6 Å². The molecule has 0 N–H and O–H groups in total. The molecule has 12 aromatic rings. The van der Waals surface area contributed by atoms with E-state index in [0.717, 1.165) is 44.4 Å². The standard InChI is InChI=1S/C58H36N4/c1-3-17-37(18-4-1)53-34-54(40-35-59-57(60-36-40)38-19-5-2-6-20-38)62-58(61-53)39-31-32-48-44-24-10-8-22-42(44)41-21-7-9-23-43(41)45-25-11-14-28-49(45)55-50-29-15-12-26-46(50)47-27-13-16-30-51(47)56(55)52(48)33-39/h1-36H. The third kappa shape index (κ3) is 5.92. The molecule has 288 valence electrons. The minimum atomic E-state index is 0.624. The van der Waals surface area contributed by atoms with Crippen molar-refractivity contribution in [3.05, 3.63) is 219 Å². The van der Waals surface area contributed by atoms with Crippen LogP contribution in [0.25, 0.3) is 121 Å². The highest BCUT2D eigenvalue weighted by Gasteiger charge is 2.17. The highest BCUT2D eigenvalue weighted by molar-refractivity contribution is 6.38. The predicted octanol–water partition coefficient (Wildman–Crippen LogP) is 15.1. The van der Waals surface area contributed by atoms with Crippen LogP contribution in [0.2, 0.25) is 0 Å². The summed E-state index contributed by atoms with van der Waals surface area (Å²) in [5.74, 6) is 1.29. The molecule has 0 saturated carbocycles. The molecule has 0 spiro atoms. The van der Waals surface area contributed by atoms with E-state index in [0.29, 0.717) is 11.6 Å². The van der Waals surface area contributed by atoms with Crippen molar-refractivity contribution in [2.45, 2.75) is 0 Å². The summed E-state index contributed by atoms with van der Waals surface area (Å²) in [7, 11) is 0. The van der Waals surface area contributed by atoms with Crippen LogP contribution in [-0.2, 0) is 0 Å². The number of hydrogen-bond acceptors (Lipinski definition) is 4. The zero-order valence-corrected chi connectivity index (χ0v) is 33.6. The Morgan fingerprint density at radius 2 is 0.581 bits per heavy atom. The molecular weight excluding hydrogens is 753 g/mol. The Labute approximate surface area is 357 Å². The normalized spacial score (nSPS) is 11.5. The maximum atomic E-state index is 5.32. The van der Waals surface area contributed by atoms with Gasteiger partial charge in [0.1, 0.15) is 0 Å². The van der Waals surface area contributed by atoms with Gasteiger partial charge in [-0.2, -0.15) is 0 Å². The number of rotatable bonds is 4. The maximum absolute atomic E-state index is 5.32. The monoisotopic (exact) mass is 788 g/mol. The SMILES string of the molecule is c1ccc(-c2cc(-c3cnc(-c4ccccc4)nc3)nc(-c3ccc4c5ccccc5c5ccccc5c5ccccc5c5c6ccccc6c6ccccc6c5c4c3)n2)cc1. The lowest BCUT2D eigenvalue weighted by Crippen LogP contribution is -1.97. The van der Waals surface area contributed by atoms with Gasteiger partial charge in [0.05, 0.1) is 11.4 Å². The minimum Gasteiger partial charge on any atom is -0.236 e. The smallest absolute Gasteiger partial charge is 0.160 e. The van der Waals surface area contributed by atoms with Crippen molar-refractivity contribution in [2.24, 2.45) is 0 Å². The predicted molar refractivity (Wildman–Crippen MR) is 260 cm³/mol. The van der Waals surface area contributed by atoms with E-state index in [1.54, 1.807) is 0 Å². The molecule has 12 rings (SSSR count). The molecule has 62 heavy (non-hydrogen) atoms. The second-order valence-corrected chi connectivity index (χ2v) is 15.7. The van der Waals surface area contributed by atoms with E-state index >= 15 is 0 Å². The van der Waals surface area contributed by atoms with Gasteiger partial charge in [-0.15, -0.1) is 0 Å². The van der Waals surface area contributed by atoms with Gasteiger partial charge in [-0.05, 0) is 87.5 Å². The first-order chi connectivity index (χ1) is 30.8. The number of benzene rings is 9. The van der Waals surface area contributed by atoms with E-state index in [4.69, 9.17) is 19.9 Å². The third-order valence-electron chi connectivity index (χ3n) is 12.2. The second kappa shape index (κ2) is 14.7. The summed E-state index contributed by atoms with van der Waals surface area (Å²) in [4.78, 5) is 20.2. The average molecular weight is 789 g/mol. The average Bonchev–Trinajstić information content (AvgIpc) is 3.36. The topological polar surface area (TPSA) is 51.6 Å². The van der Waals surface area contributed by atoms with Crippen LogP contribution in [0.4, 0.5) is 0 Å². The first-order valence-corrected chi connectivity index (χ1v) is 21.0. The largest absolute Gasteiger partial charge is 0.236 e. The van der Waals surface area contributed by atoms with Gasteiger partial charge >= 0.3 is 0 Å². The fourth-order valence-corrected chi connectivity index (χ4v) is 9.35. The zero-order valence-electron chi connectivity index (χ0n) is 33.6. The van der Waals surface area contributed by atoms with Crippen LogP contribution in [-0.4, -0.2) is 19.9 Å². The van der Waals surface area contributed by atoms with Gasteiger partial charge < -0.3 is 0 Å². The molecule has 4 nitrogen and oxygen atoms in total. The lowest BCUT2D eigenvalue weighted by Gasteiger charge is -2.15. The van der Waals surface area contributed by atoms with Gasteiger partial charge in [-0.3, -0.25) is 0 Å². The summed E-state index contributed by atoms with van der Waals surface area (Å²) >= 11 is 0. The molecule has 0 amide bonds. The maximum Gasteiger partial charge on any atom is 0.160 e. The van der Waals surface area contributed by atoms with E-state index < -0.39 is 0 Å². The minimum absolute atomic E-state index is 0.624. The van der Waals surface area contributed by atoms with Crippen molar-refractivity contribution in [3.8, 4) is 45.3 Å². The van der Waals surface area contributed by atoms with Crippen LogP contribution in [0.15, 0.2) is 219 Å². The van der Waals surface area contributed by atoms with E-state index in [1.807, 2.05) is 67.0 Å². The molecule has 0 saturated heterocycles. The van der Waals surface area contributed by atoms with Gasteiger partial charge in [0.2, 0.25) is 0 Å². The van der Waals surface area contributed by atoms with Crippen LogP contribution in [0.5, 0.6) is 0 Å². The Bertz CT molecular complexity index is 3790. The highest BCUT2D eigenvalue weighted by atomic mass is 14.9. The first-order valence-electron chi connectivity index (χ1n) is 21.0. The van der Waals surface area contributed by atoms with Crippen molar-refractivity contribution in [1.82, 2.24) is 19.9 Å². The summed E-state index contributed by atoms with van der Waals surface area (Å²) in [6.07, 6.45) is 3.73. The summed E-state index contributed by atoms with van der Waals surface area (Å²) in [5.41, 5.74) is 5.28. The zero-order chi connectivity index (χ0) is 41.0.